The van der Waals surface area contributed by atoms with Crippen molar-refractivity contribution < 1.29 is 17.9 Å². The number of hydrogen-bond acceptors (Lipinski definition) is 6. The quantitative estimate of drug-likeness (QED) is 0.267. The number of halogens is 1. The van der Waals surface area contributed by atoms with Crippen molar-refractivity contribution in [2.24, 2.45) is 5.84 Å². The lowest BCUT2D eigenvalue weighted by molar-refractivity contribution is -0.133. The standard InChI is InChI=1S/C19H26IN3O4S/c1-2-3-8-23(21)18-14-6-4-5-7-16(14)28(25,26)13-15(18)17(20)19(24)22-9-11-27-12-10-22/h4-7,17H,2-3,8-13,21H2,1H3. The van der Waals surface area contributed by atoms with Crippen LogP contribution in [0.5, 0.6) is 0 Å². The normalized spacial score (nSPS) is 19.9. The number of hydrogen-bond donors (Lipinski definition) is 1. The first-order chi connectivity index (χ1) is 13.4. The molecule has 9 heteroatoms. The maximum absolute atomic E-state index is 13.1. The van der Waals surface area contributed by atoms with Crippen molar-refractivity contribution in [1.82, 2.24) is 9.91 Å². The molecule has 1 aromatic carbocycles. The van der Waals surface area contributed by atoms with E-state index in [2.05, 4.69) is 29.5 Å². The van der Waals surface area contributed by atoms with Crippen molar-refractivity contribution in [1.29, 1.82) is 0 Å². The minimum absolute atomic E-state index is 0.0881. The Morgan fingerprint density at radius 2 is 2.00 bits per heavy atom. The maximum Gasteiger partial charge on any atom is 0.239 e. The first-order valence-electron chi connectivity index (χ1n) is 9.45. The third-order valence-electron chi connectivity index (χ3n) is 5.01. The predicted octanol–water partition coefficient (Wildman–Crippen LogP) is 1.82. The molecule has 0 bridgehead atoms. The van der Waals surface area contributed by atoms with Gasteiger partial charge in [0.15, 0.2) is 9.84 Å². The third-order valence-corrected chi connectivity index (χ3v) is 8.01. The number of ether oxygens (including phenoxy) is 1. The van der Waals surface area contributed by atoms with Gasteiger partial charge < -0.3 is 14.6 Å². The van der Waals surface area contributed by atoms with Gasteiger partial charge in [0.05, 0.1) is 29.6 Å². The fourth-order valence-corrected chi connectivity index (χ4v) is 6.38. The Kier molecular flexibility index (Phi) is 7.00. The molecule has 3 rings (SSSR count). The molecule has 1 amide bonds. The number of carbonyl (C=O) groups excluding carboxylic acids is 1. The van der Waals surface area contributed by atoms with Crippen LogP contribution >= 0.6 is 22.6 Å². The molecule has 2 aliphatic rings. The smallest absolute Gasteiger partial charge is 0.239 e. The molecule has 0 saturated carbocycles. The summed E-state index contributed by atoms with van der Waals surface area (Å²) in [6.07, 6.45) is 1.85. The highest BCUT2D eigenvalue weighted by atomic mass is 127. The van der Waals surface area contributed by atoms with Gasteiger partial charge in [-0.15, -0.1) is 0 Å². The van der Waals surface area contributed by atoms with Crippen molar-refractivity contribution in [3.05, 3.63) is 35.4 Å². The van der Waals surface area contributed by atoms with Gasteiger partial charge in [-0.2, -0.15) is 0 Å². The van der Waals surface area contributed by atoms with Crippen LogP contribution in [0.4, 0.5) is 0 Å². The molecule has 0 spiro atoms. The number of alkyl halides is 1. The number of amides is 1. The van der Waals surface area contributed by atoms with Crippen LogP contribution in [0.15, 0.2) is 34.7 Å². The largest absolute Gasteiger partial charge is 0.378 e. The van der Waals surface area contributed by atoms with E-state index in [1.165, 1.54) is 0 Å². The molecule has 28 heavy (non-hydrogen) atoms. The number of rotatable bonds is 6. The summed E-state index contributed by atoms with van der Waals surface area (Å²) < 4.78 is 30.6. The molecule has 2 heterocycles. The number of unbranched alkanes of at least 4 members (excludes halogenated alkanes) is 1. The lowest BCUT2D eigenvalue weighted by Gasteiger charge is -2.34. The van der Waals surface area contributed by atoms with Crippen LogP contribution in [0.1, 0.15) is 25.3 Å². The zero-order chi connectivity index (χ0) is 20.3. The zero-order valence-electron chi connectivity index (χ0n) is 15.9. The molecule has 0 radical (unpaired) electrons. The molecule has 1 atom stereocenters. The highest BCUT2D eigenvalue weighted by Crippen LogP contribution is 2.38. The van der Waals surface area contributed by atoms with Gasteiger partial charge in [0.2, 0.25) is 5.91 Å². The Labute approximate surface area is 179 Å². The fraction of sp³-hybridized carbons (Fsp3) is 0.526. The van der Waals surface area contributed by atoms with Crippen LogP contribution in [0.3, 0.4) is 0 Å². The summed E-state index contributed by atoms with van der Waals surface area (Å²) in [6.45, 7) is 4.71. The number of benzene rings is 1. The molecule has 7 nitrogen and oxygen atoms in total. The highest BCUT2D eigenvalue weighted by Gasteiger charge is 2.38. The second-order valence-electron chi connectivity index (χ2n) is 6.98. The van der Waals surface area contributed by atoms with Crippen molar-refractivity contribution in [3.8, 4) is 0 Å². The highest BCUT2D eigenvalue weighted by molar-refractivity contribution is 14.1. The molecule has 1 saturated heterocycles. The molecule has 2 N–H and O–H groups in total. The van der Waals surface area contributed by atoms with Crippen molar-refractivity contribution in [2.45, 2.75) is 28.6 Å². The van der Waals surface area contributed by atoms with Crippen LogP contribution in [0.2, 0.25) is 0 Å². The minimum Gasteiger partial charge on any atom is -0.378 e. The minimum atomic E-state index is -3.53. The van der Waals surface area contributed by atoms with Gasteiger partial charge in [0.1, 0.15) is 3.92 Å². The average Bonchev–Trinajstić information content (AvgIpc) is 2.71. The summed E-state index contributed by atoms with van der Waals surface area (Å²) in [6, 6.07) is 6.90. The summed E-state index contributed by atoms with van der Waals surface area (Å²) in [5.74, 6) is 6.10. The third kappa shape index (κ3) is 4.37. The van der Waals surface area contributed by atoms with Gasteiger partial charge in [-0.3, -0.25) is 4.79 Å². The topological polar surface area (TPSA) is 92.9 Å². The number of sulfone groups is 1. The van der Waals surface area contributed by atoms with Crippen molar-refractivity contribution in [2.75, 3.05) is 38.6 Å². The molecule has 1 fully saturated rings. The Morgan fingerprint density at radius 1 is 1.32 bits per heavy atom. The van der Waals surface area contributed by atoms with Crippen LogP contribution < -0.4 is 5.84 Å². The fourth-order valence-electron chi connectivity index (χ4n) is 3.52. The van der Waals surface area contributed by atoms with E-state index >= 15 is 0 Å². The lowest BCUT2D eigenvalue weighted by atomic mass is 10.0. The second kappa shape index (κ2) is 9.10. The van der Waals surface area contributed by atoms with Gasteiger partial charge in [-0.1, -0.05) is 54.1 Å². The maximum atomic E-state index is 13.1. The van der Waals surface area contributed by atoms with Crippen LogP contribution in [-0.2, 0) is 19.4 Å². The number of fused-ring (bicyclic) bond motifs is 1. The van der Waals surface area contributed by atoms with Crippen molar-refractivity contribution >= 4 is 44.0 Å². The summed E-state index contributed by atoms with van der Waals surface area (Å²) in [5, 5.41) is 1.62. The van der Waals surface area contributed by atoms with Gasteiger partial charge in [-0.05, 0) is 18.1 Å². The number of nitrogens with zero attached hydrogens (tertiary/aromatic N) is 2. The monoisotopic (exact) mass is 519 g/mol. The van der Waals surface area contributed by atoms with Crippen LogP contribution in [0.25, 0.3) is 5.70 Å². The summed E-state index contributed by atoms with van der Waals surface area (Å²) in [7, 11) is -3.53. The molecule has 0 aromatic heterocycles. The van der Waals surface area contributed by atoms with Crippen LogP contribution in [0, 0.1) is 0 Å². The molecule has 0 aliphatic carbocycles. The molecule has 1 unspecified atom stereocenters. The van der Waals surface area contributed by atoms with E-state index in [4.69, 9.17) is 10.6 Å². The molecule has 154 valence electrons. The van der Waals surface area contributed by atoms with E-state index in [1.54, 1.807) is 34.2 Å². The average molecular weight is 519 g/mol. The second-order valence-corrected chi connectivity index (χ2v) is 10.2. The first-order valence-corrected chi connectivity index (χ1v) is 12.3. The van der Waals surface area contributed by atoms with E-state index in [0.29, 0.717) is 49.7 Å². The summed E-state index contributed by atoms with van der Waals surface area (Å²) in [4.78, 5) is 15.1. The number of morpholine rings is 1. The summed E-state index contributed by atoms with van der Waals surface area (Å²) >= 11 is 2.05. The van der Waals surface area contributed by atoms with Gasteiger partial charge >= 0.3 is 0 Å². The number of hydrazine groups is 1. The van der Waals surface area contributed by atoms with Gasteiger partial charge in [-0.25, -0.2) is 14.3 Å². The predicted molar refractivity (Wildman–Crippen MR) is 116 cm³/mol. The number of nitrogens with two attached hydrogens (primary N) is 1. The van der Waals surface area contributed by atoms with E-state index in [1.807, 2.05) is 0 Å². The van der Waals surface area contributed by atoms with E-state index in [9.17, 15) is 13.2 Å². The Bertz CT molecular complexity index is 866. The zero-order valence-corrected chi connectivity index (χ0v) is 18.9. The Hall–Kier alpha value is -1.17. The van der Waals surface area contributed by atoms with Gasteiger partial charge in [0, 0.05) is 25.2 Å². The molecule has 2 aliphatic heterocycles. The molecule has 1 aromatic rings. The lowest BCUT2D eigenvalue weighted by Crippen LogP contribution is -2.46. The Balaban J connectivity index is 2.06. The van der Waals surface area contributed by atoms with E-state index < -0.39 is 13.8 Å². The first kappa shape index (κ1) is 21.5. The van der Waals surface area contributed by atoms with E-state index in [0.717, 1.165) is 12.8 Å². The number of carbonyl (C=O) groups is 1. The van der Waals surface area contributed by atoms with Gasteiger partial charge in [0.25, 0.3) is 0 Å². The van der Waals surface area contributed by atoms with Crippen molar-refractivity contribution in [3.63, 3.8) is 0 Å². The van der Waals surface area contributed by atoms with Crippen LogP contribution in [-0.4, -0.2) is 66.8 Å². The molecular formula is C19H26IN3O4S. The molecular weight excluding hydrogens is 493 g/mol. The Morgan fingerprint density at radius 3 is 2.68 bits per heavy atom. The SMILES string of the molecule is CCCCN(N)C1=C(C(I)C(=O)N2CCOCC2)CS(=O)(=O)c2ccccc21. The van der Waals surface area contributed by atoms with E-state index in [-0.39, 0.29) is 16.6 Å². The summed E-state index contributed by atoms with van der Waals surface area (Å²) in [5.41, 5.74) is 1.81.